The standard InChI is InChI=1S/C11H15N3O/c1-4-6-11-10(7-12)13-9(3)14(11)8-15-5-2/h4H,1,5-6,8H2,2-3H3. The van der Waals surface area contributed by atoms with Gasteiger partial charge < -0.3 is 9.30 Å². The highest BCUT2D eigenvalue weighted by atomic mass is 16.5. The average Bonchev–Trinajstić information content (AvgIpc) is 2.53. The fourth-order valence-corrected chi connectivity index (χ4v) is 1.40. The van der Waals surface area contributed by atoms with Gasteiger partial charge in [0.2, 0.25) is 0 Å². The van der Waals surface area contributed by atoms with Gasteiger partial charge in [-0.25, -0.2) is 4.98 Å². The minimum absolute atomic E-state index is 0.445. The maximum atomic E-state index is 8.91. The molecule has 0 amide bonds. The number of aryl methyl sites for hydroxylation is 1. The third-order valence-corrected chi connectivity index (χ3v) is 2.13. The Bertz CT molecular complexity index is 387. The van der Waals surface area contributed by atoms with Gasteiger partial charge >= 0.3 is 0 Å². The van der Waals surface area contributed by atoms with Gasteiger partial charge in [-0.15, -0.1) is 6.58 Å². The van der Waals surface area contributed by atoms with Gasteiger partial charge in [-0.05, 0) is 13.8 Å². The van der Waals surface area contributed by atoms with Crippen LogP contribution in [0.4, 0.5) is 0 Å². The van der Waals surface area contributed by atoms with Crippen LogP contribution in [-0.2, 0) is 17.9 Å². The molecule has 15 heavy (non-hydrogen) atoms. The van der Waals surface area contributed by atoms with E-state index in [1.165, 1.54) is 0 Å². The first kappa shape index (κ1) is 11.5. The van der Waals surface area contributed by atoms with Crippen molar-refractivity contribution in [2.24, 2.45) is 0 Å². The summed E-state index contributed by atoms with van der Waals surface area (Å²) < 4.78 is 7.23. The Hall–Kier alpha value is -1.60. The van der Waals surface area contributed by atoms with Crippen molar-refractivity contribution in [1.82, 2.24) is 9.55 Å². The predicted molar refractivity (Wildman–Crippen MR) is 57.2 cm³/mol. The van der Waals surface area contributed by atoms with E-state index < -0.39 is 0 Å². The van der Waals surface area contributed by atoms with Crippen LogP contribution in [0.15, 0.2) is 12.7 Å². The lowest BCUT2D eigenvalue weighted by molar-refractivity contribution is 0.0847. The summed E-state index contributed by atoms with van der Waals surface area (Å²) in [6.45, 7) is 8.56. The number of imidazole rings is 1. The van der Waals surface area contributed by atoms with Gasteiger partial charge in [0.05, 0.1) is 5.69 Å². The molecule has 1 aromatic rings. The lowest BCUT2D eigenvalue weighted by Crippen LogP contribution is -2.08. The predicted octanol–water partition coefficient (Wildman–Crippen LogP) is 1.79. The first-order chi connectivity index (χ1) is 7.24. The summed E-state index contributed by atoms with van der Waals surface area (Å²) in [6, 6.07) is 2.08. The lowest BCUT2D eigenvalue weighted by Gasteiger charge is -2.08. The van der Waals surface area contributed by atoms with E-state index in [0.29, 0.717) is 25.5 Å². The van der Waals surface area contributed by atoms with E-state index in [9.17, 15) is 0 Å². The van der Waals surface area contributed by atoms with Gasteiger partial charge in [0.25, 0.3) is 0 Å². The quantitative estimate of drug-likeness (QED) is 0.688. The topological polar surface area (TPSA) is 50.8 Å². The highest BCUT2D eigenvalue weighted by Crippen LogP contribution is 2.12. The maximum Gasteiger partial charge on any atom is 0.162 e. The minimum Gasteiger partial charge on any atom is -0.361 e. The van der Waals surface area contributed by atoms with E-state index in [0.717, 1.165) is 11.5 Å². The van der Waals surface area contributed by atoms with Gasteiger partial charge in [0, 0.05) is 13.0 Å². The summed E-state index contributed by atoms with van der Waals surface area (Å²) in [5, 5.41) is 8.91. The summed E-state index contributed by atoms with van der Waals surface area (Å²) in [6.07, 6.45) is 2.40. The number of ether oxygens (including phenoxy) is 1. The van der Waals surface area contributed by atoms with Crippen LogP contribution < -0.4 is 0 Å². The van der Waals surface area contributed by atoms with E-state index in [1.54, 1.807) is 6.08 Å². The summed E-state index contributed by atoms with van der Waals surface area (Å²) >= 11 is 0. The van der Waals surface area contributed by atoms with Crippen molar-refractivity contribution >= 4 is 0 Å². The fourth-order valence-electron chi connectivity index (χ4n) is 1.40. The molecule has 0 N–H and O–H groups in total. The molecule has 0 aliphatic heterocycles. The number of aromatic nitrogens is 2. The largest absolute Gasteiger partial charge is 0.361 e. The molecule has 0 radical (unpaired) electrons. The Morgan fingerprint density at radius 2 is 2.40 bits per heavy atom. The Morgan fingerprint density at radius 3 is 2.93 bits per heavy atom. The SMILES string of the molecule is C=CCc1c(C#N)nc(C)n1COCC. The molecule has 0 unspecified atom stereocenters. The maximum absolute atomic E-state index is 8.91. The average molecular weight is 205 g/mol. The lowest BCUT2D eigenvalue weighted by atomic mass is 10.2. The molecule has 0 saturated carbocycles. The van der Waals surface area contributed by atoms with Crippen LogP contribution in [0.3, 0.4) is 0 Å². The van der Waals surface area contributed by atoms with Crippen LogP contribution in [0, 0.1) is 18.3 Å². The van der Waals surface area contributed by atoms with E-state index in [-0.39, 0.29) is 0 Å². The first-order valence-corrected chi connectivity index (χ1v) is 4.89. The number of hydrogen-bond acceptors (Lipinski definition) is 3. The second kappa shape index (κ2) is 5.32. The zero-order valence-electron chi connectivity index (χ0n) is 9.16. The van der Waals surface area contributed by atoms with Crippen molar-refractivity contribution in [2.45, 2.75) is 27.0 Å². The van der Waals surface area contributed by atoms with Crippen molar-refractivity contribution in [3.63, 3.8) is 0 Å². The number of hydrogen-bond donors (Lipinski definition) is 0. The van der Waals surface area contributed by atoms with Crippen molar-refractivity contribution in [2.75, 3.05) is 6.61 Å². The third-order valence-electron chi connectivity index (χ3n) is 2.13. The molecular formula is C11H15N3O. The van der Waals surface area contributed by atoms with Crippen LogP contribution in [-0.4, -0.2) is 16.2 Å². The summed E-state index contributed by atoms with van der Waals surface area (Å²) in [5.41, 5.74) is 1.34. The second-order valence-electron chi connectivity index (χ2n) is 3.11. The molecule has 4 heteroatoms. The minimum atomic E-state index is 0.445. The Morgan fingerprint density at radius 1 is 1.67 bits per heavy atom. The molecule has 0 spiro atoms. The van der Waals surface area contributed by atoms with Gasteiger partial charge in [-0.2, -0.15) is 5.26 Å². The van der Waals surface area contributed by atoms with Crippen LogP contribution in [0.5, 0.6) is 0 Å². The molecule has 0 fully saturated rings. The summed E-state index contributed by atoms with van der Waals surface area (Å²) in [5.74, 6) is 0.803. The Labute approximate surface area is 89.8 Å². The van der Waals surface area contributed by atoms with Gasteiger partial charge in [0.15, 0.2) is 5.69 Å². The zero-order chi connectivity index (χ0) is 11.3. The molecule has 0 bridgehead atoms. The Kier molecular flexibility index (Phi) is 4.07. The molecule has 0 aliphatic carbocycles. The van der Waals surface area contributed by atoms with Crippen molar-refractivity contribution in [3.05, 3.63) is 29.9 Å². The smallest absolute Gasteiger partial charge is 0.162 e. The summed E-state index contributed by atoms with van der Waals surface area (Å²) in [4.78, 5) is 4.17. The van der Waals surface area contributed by atoms with Gasteiger partial charge in [0.1, 0.15) is 18.6 Å². The van der Waals surface area contributed by atoms with Gasteiger partial charge in [-0.1, -0.05) is 6.08 Å². The van der Waals surface area contributed by atoms with Crippen LogP contribution in [0.25, 0.3) is 0 Å². The normalized spacial score (nSPS) is 9.93. The number of nitrogens with zero attached hydrogens (tertiary/aromatic N) is 3. The highest BCUT2D eigenvalue weighted by Gasteiger charge is 2.12. The number of rotatable bonds is 5. The molecule has 0 atom stereocenters. The number of nitriles is 1. The molecule has 1 aromatic heterocycles. The zero-order valence-corrected chi connectivity index (χ0v) is 9.16. The van der Waals surface area contributed by atoms with E-state index in [4.69, 9.17) is 10.00 Å². The van der Waals surface area contributed by atoms with Crippen LogP contribution >= 0.6 is 0 Å². The monoisotopic (exact) mass is 205 g/mol. The fraction of sp³-hybridized carbons (Fsp3) is 0.455. The van der Waals surface area contributed by atoms with Crippen molar-refractivity contribution in [1.29, 1.82) is 5.26 Å². The highest BCUT2D eigenvalue weighted by molar-refractivity contribution is 5.30. The van der Waals surface area contributed by atoms with Crippen molar-refractivity contribution < 1.29 is 4.74 Å². The molecule has 80 valence electrons. The molecular weight excluding hydrogens is 190 g/mol. The van der Waals surface area contributed by atoms with E-state index in [2.05, 4.69) is 17.6 Å². The van der Waals surface area contributed by atoms with Crippen LogP contribution in [0.1, 0.15) is 24.1 Å². The van der Waals surface area contributed by atoms with Gasteiger partial charge in [-0.3, -0.25) is 0 Å². The van der Waals surface area contributed by atoms with Crippen LogP contribution in [0.2, 0.25) is 0 Å². The summed E-state index contributed by atoms with van der Waals surface area (Å²) in [7, 11) is 0. The van der Waals surface area contributed by atoms with E-state index >= 15 is 0 Å². The van der Waals surface area contributed by atoms with E-state index in [1.807, 2.05) is 18.4 Å². The molecule has 0 aromatic carbocycles. The molecule has 1 rings (SSSR count). The molecule has 4 nitrogen and oxygen atoms in total. The Balaban J connectivity index is 3.05. The number of allylic oxidation sites excluding steroid dienone is 1. The molecule has 0 saturated heterocycles. The second-order valence-corrected chi connectivity index (χ2v) is 3.11. The third kappa shape index (κ3) is 2.45. The molecule has 1 heterocycles. The molecule has 0 aliphatic rings. The van der Waals surface area contributed by atoms with Crippen molar-refractivity contribution in [3.8, 4) is 6.07 Å². The first-order valence-electron chi connectivity index (χ1n) is 4.89.